The largest absolute Gasteiger partial charge is 0.368 e. The van der Waals surface area contributed by atoms with Gasteiger partial charge in [0.05, 0.1) is 5.52 Å². The first-order chi connectivity index (χ1) is 13.6. The summed E-state index contributed by atoms with van der Waals surface area (Å²) in [5.41, 5.74) is 4.54. The molecule has 0 spiro atoms. The summed E-state index contributed by atoms with van der Waals surface area (Å²) in [5.74, 6) is 1.02. The Bertz CT molecular complexity index is 978. The van der Waals surface area contributed by atoms with Crippen LogP contribution in [0.3, 0.4) is 0 Å². The molecule has 1 aliphatic heterocycles. The average molecular weight is 375 g/mol. The smallest absolute Gasteiger partial charge is 0.219 e. The number of hydrogen-bond donors (Lipinski definition) is 1. The minimum atomic E-state index is 0.161. The highest BCUT2D eigenvalue weighted by Gasteiger charge is 2.18. The zero-order valence-corrected chi connectivity index (χ0v) is 16.4. The molecule has 3 aromatic rings. The second-order valence-corrected chi connectivity index (χ2v) is 7.21. The lowest BCUT2D eigenvalue weighted by Crippen LogP contribution is -2.48. The van der Waals surface area contributed by atoms with E-state index in [-0.39, 0.29) is 5.91 Å². The maximum atomic E-state index is 11.5. The van der Waals surface area contributed by atoms with Gasteiger partial charge >= 0.3 is 0 Å². The zero-order valence-electron chi connectivity index (χ0n) is 16.4. The van der Waals surface area contributed by atoms with Crippen LogP contribution in [-0.2, 0) is 11.3 Å². The van der Waals surface area contributed by atoms with Gasteiger partial charge in [-0.3, -0.25) is 4.79 Å². The number of piperazine rings is 1. The van der Waals surface area contributed by atoms with Gasteiger partial charge in [-0.1, -0.05) is 24.3 Å². The van der Waals surface area contributed by atoms with E-state index in [1.54, 1.807) is 13.3 Å². The summed E-state index contributed by atoms with van der Waals surface area (Å²) >= 11 is 0. The third-order valence-electron chi connectivity index (χ3n) is 5.35. The van der Waals surface area contributed by atoms with Gasteiger partial charge < -0.3 is 15.1 Å². The van der Waals surface area contributed by atoms with Crippen molar-refractivity contribution >= 4 is 28.3 Å². The monoisotopic (exact) mass is 375 g/mol. The molecule has 2 aromatic carbocycles. The van der Waals surface area contributed by atoms with Crippen LogP contribution in [-0.4, -0.2) is 47.0 Å². The molecule has 6 heteroatoms. The van der Waals surface area contributed by atoms with Crippen molar-refractivity contribution in [1.29, 1.82) is 0 Å². The molecule has 1 aliphatic rings. The number of carbonyl (C=O) groups is 1. The van der Waals surface area contributed by atoms with Crippen LogP contribution in [0.4, 0.5) is 11.5 Å². The normalized spacial score (nSPS) is 14.4. The molecule has 2 heterocycles. The third kappa shape index (κ3) is 3.76. The number of carbonyl (C=O) groups excluding carboxylic acids is 1. The average Bonchev–Trinajstić information content (AvgIpc) is 2.73. The van der Waals surface area contributed by atoms with Crippen molar-refractivity contribution in [2.75, 3.05) is 36.4 Å². The molecule has 144 valence electrons. The molecule has 6 nitrogen and oxygen atoms in total. The van der Waals surface area contributed by atoms with Crippen LogP contribution in [0.1, 0.15) is 18.1 Å². The van der Waals surface area contributed by atoms with Gasteiger partial charge in [0.25, 0.3) is 0 Å². The summed E-state index contributed by atoms with van der Waals surface area (Å²) in [6, 6.07) is 14.8. The molecule has 0 bridgehead atoms. The molecular formula is C22H25N5O. The Labute approximate surface area is 165 Å². The summed E-state index contributed by atoms with van der Waals surface area (Å²) in [4.78, 5) is 24.5. The first-order valence-corrected chi connectivity index (χ1v) is 9.65. The standard InChI is InChI=1S/C22H25N5O/c1-16-4-3-5-20-21(16)24-15-25-22(20)23-14-18-6-8-19(9-7-18)27-12-10-26(11-13-27)17(2)28/h3-9,15H,10-14H2,1-2H3,(H,23,24,25). The highest BCUT2D eigenvalue weighted by Crippen LogP contribution is 2.23. The van der Waals surface area contributed by atoms with Crippen LogP contribution >= 0.6 is 0 Å². The molecule has 1 saturated heterocycles. The summed E-state index contributed by atoms with van der Waals surface area (Å²) in [6.07, 6.45) is 1.61. The molecule has 0 saturated carbocycles. The van der Waals surface area contributed by atoms with Gasteiger partial charge in [0, 0.05) is 50.7 Å². The molecule has 0 unspecified atom stereocenters. The molecule has 0 aliphatic carbocycles. The van der Waals surface area contributed by atoms with Crippen molar-refractivity contribution in [1.82, 2.24) is 14.9 Å². The molecule has 0 radical (unpaired) electrons. The Kier molecular flexibility index (Phi) is 5.10. The van der Waals surface area contributed by atoms with E-state index in [4.69, 9.17) is 0 Å². The number of amides is 1. The molecule has 4 rings (SSSR count). The topological polar surface area (TPSA) is 61.4 Å². The molecule has 0 atom stereocenters. The second-order valence-electron chi connectivity index (χ2n) is 7.21. The number of anilines is 2. The minimum absolute atomic E-state index is 0.161. The number of nitrogens with one attached hydrogen (secondary N) is 1. The maximum absolute atomic E-state index is 11.5. The van der Waals surface area contributed by atoms with Gasteiger partial charge in [-0.2, -0.15) is 0 Å². The predicted octanol–water partition coefficient (Wildman–Crippen LogP) is 3.22. The molecule has 1 fully saturated rings. The van der Waals surface area contributed by atoms with E-state index < -0.39 is 0 Å². The molecule has 28 heavy (non-hydrogen) atoms. The fourth-order valence-electron chi connectivity index (χ4n) is 3.67. The Hall–Kier alpha value is -3.15. The van der Waals surface area contributed by atoms with Gasteiger partial charge in [0.15, 0.2) is 0 Å². The fourth-order valence-corrected chi connectivity index (χ4v) is 3.67. The number of fused-ring (bicyclic) bond motifs is 1. The van der Waals surface area contributed by atoms with Crippen LogP contribution in [0.15, 0.2) is 48.8 Å². The van der Waals surface area contributed by atoms with Crippen molar-refractivity contribution in [3.63, 3.8) is 0 Å². The first-order valence-electron chi connectivity index (χ1n) is 9.65. The quantitative estimate of drug-likeness (QED) is 0.759. The minimum Gasteiger partial charge on any atom is -0.368 e. The van der Waals surface area contributed by atoms with Crippen LogP contribution in [0.25, 0.3) is 10.9 Å². The summed E-state index contributed by atoms with van der Waals surface area (Å²) in [5, 5.41) is 4.48. The number of aryl methyl sites for hydroxylation is 1. The number of hydrogen-bond acceptors (Lipinski definition) is 5. The molecule has 1 aromatic heterocycles. The third-order valence-corrected chi connectivity index (χ3v) is 5.35. The summed E-state index contributed by atoms with van der Waals surface area (Å²) in [7, 11) is 0. The lowest BCUT2D eigenvalue weighted by Gasteiger charge is -2.35. The lowest BCUT2D eigenvalue weighted by atomic mass is 10.1. The van der Waals surface area contributed by atoms with E-state index in [1.807, 2.05) is 11.0 Å². The van der Waals surface area contributed by atoms with Gasteiger partial charge in [-0.15, -0.1) is 0 Å². The number of nitrogens with zero attached hydrogens (tertiary/aromatic N) is 4. The van der Waals surface area contributed by atoms with Gasteiger partial charge in [-0.25, -0.2) is 9.97 Å². The predicted molar refractivity (Wildman–Crippen MR) is 113 cm³/mol. The van der Waals surface area contributed by atoms with Crippen LogP contribution < -0.4 is 10.2 Å². The highest BCUT2D eigenvalue weighted by molar-refractivity contribution is 5.90. The highest BCUT2D eigenvalue weighted by atomic mass is 16.2. The van der Waals surface area contributed by atoms with Crippen molar-refractivity contribution in [3.8, 4) is 0 Å². The van der Waals surface area contributed by atoms with Crippen LogP contribution in [0, 0.1) is 6.92 Å². The van der Waals surface area contributed by atoms with Crippen LogP contribution in [0.2, 0.25) is 0 Å². The van der Waals surface area contributed by atoms with E-state index in [9.17, 15) is 4.79 Å². The molecule has 1 amide bonds. The molecule has 1 N–H and O–H groups in total. The van der Waals surface area contributed by atoms with E-state index >= 15 is 0 Å². The van der Waals surface area contributed by atoms with Crippen molar-refractivity contribution < 1.29 is 4.79 Å². The fraction of sp³-hybridized carbons (Fsp3) is 0.318. The molecular weight excluding hydrogens is 350 g/mol. The first kappa shape index (κ1) is 18.2. The Morgan fingerprint density at radius 1 is 1.04 bits per heavy atom. The van der Waals surface area contributed by atoms with Crippen molar-refractivity contribution in [2.24, 2.45) is 0 Å². The summed E-state index contributed by atoms with van der Waals surface area (Å²) < 4.78 is 0. The number of para-hydroxylation sites is 1. The van der Waals surface area contributed by atoms with E-state index in [0.717, 1.165) is 48.5 Å². The van der Waals surface area contributed by atoms with Crippen LogP contribution in [0.5, 0.6) is 0 Å². The van der Waals surface area contributed by atoms with Gasteiger partial charge in [0.2, 0.25) is 5.91 Å². The van der Waals surface area contributed by atoms with E-state index in [2.05, 4.69) is 63.5 Å². The number of aromatic nitrogens is 2. The van der Waals surface area contributed by atoms with E-state index in [0.29, 0.717) is 6.54 Å². The number of rotatable bonds is 4. The van der Waals surface area contributed by atoms with Crippen molar-refractivity contribution in [2.45, 2.75) is 20.4 Å². The lowest BCUT2D eigenvalue weighted by molar-refractivity contribution is -0.129. The Morgan fingerprint density at radius 2 is 1.79 bits per heavy atom. The SMILES string of the molecule is CC(=O)N1CCN(c2ccc(CNc3ncnc4c(C)cccc34)cc2)CC1. The Morgan fingerprint density at radius 3 is 2.50 bits per heavy atom. The van der Waals surface area contributed by atoms with E-state index in [1.165, 1.54) is 11.3 Å². The maximum Gasteiger partial charge on any atom is 0.219 e. The van der Waals surface area contributed by atoms with Gasteiger partial charge in [0.1, 0.15) is 12.1 Å². The second kappa shape index (κ2) is 7.84. The Balaban J connectivity index is 1.41. The van der Waals surface area contributed by atoms with Crippen molar-refractivity contribution in [3.05, 3.63) is 59.9 Å². The van der Waals surface area contributed by atoms with Gasteiger partial charge in [-0.05, 0) is 36.2 Å². The zero-order chi connectivity index (χ0) is 19.5. The summed E-state index contributed by atoms with van der Waals surface area (Å²) in [6.45, 7) is 7.75. The number of benzene rings is 2.